The number of halogens is 4. The van der Waals surface area contributed by atoms with Crippen LogP contribution >= 0.6 is 55.1 Å². The fourth-order valence-corrected chi connectivity index (χ4v) is 3.57. The van der Waals surface area contributed by atoms with Gasteiger partial charge in [-0.3, -0.25) is 4.98 Å². The average Bonchev–Trinajstić information content (AvgIpc) is 2.40. The van der Waals surface area contributed by atoms with E-state index in [1.807, 2.05) is 25.1 Å². The second kappa shape index (κ2) is 7.23. The van der Waals surface area contributed by atoms with Crippen LogP contribution in [0.2, 0.25) is 10.0 Å². The Kier molecular flexibility index (Phi) is 5.87. The van der Waals surface area contributed by atoms with Crippen molar-refractivity contribution in [2.75, 3.05) is 6.54 Å². The number of benzene rings is 1. The van der Waals surface area contributed by atoms with Crippen molar-refractivity contribution >= 4 is 55.1 Å². The molecule has 0 aliphatic carbocycles. The Morgan fingerprint density at radius 3 is 2.70 bits per heavy atom. The van der Waals surface area contributed by atoms with Crippen LogP contribution in [0, 0.1) is 0 Å². The number of nitrogens with zero attached hydrogens (tertiary/aromatic N) is 1. The molecule has 106 valence electrons. The van der Waals surface area contributed by atoms with Crippen molar-refractivity contribution in [1.82, 2.24) is 10.3 Å². The number of hydrogen-bond acceptors (Lipinski definition) is 2. The van der Waals surface area contributed by atoms with Crippen LogP contribution in [0.5, 0.6) is 0 Å². The number of hydrogen-bond donors (Lipinski definition) is 1. The van der Waals surface area contributed by atoms with Crippen molar-refractivity contribution in [3.05, 3.63) is 60.7 Å². The van der Waals surface area contributed by atoms with Crippen LogP contribution in [0.3, 0.4) is 0 Å². The summed E-state index contributed by atoms with van der Waals surface area (Å²) < 4.78 is 1.83. The van der Waals surface area contributed by atoms with E-state index in [9.17, 15) is 0 Å². The average molecular weight is 439 g/mol. The third kappa shape index (κ3) is 3.55. The molecule has 1 aromatic carbocycles. The largest absolute Gasteiger partial charge is 0.305 e. The minimum absolute atomic E-state index is 0.117. The second-order valence-corrected chi connectivity index (χ2v) is 6.71. The van der Waals surface area contributed by atoms with Crippen molar-refractivity contribution in [3.8, 4) is 0 Å². The van der Waals surface area contributed by atoms with Gasteiger partial charge >= 0.3 is 0 Å². The molecule has 1 atom stereocenters. The van der Waals surface area contributed by atoms with Gasteiger partial charge in [0.2, 0.25) is 0 Å². The molecule has 0 saturated carbocycles. The molecular formula is C14H12Br2Cl2N2. The minimum Gasteiger partial charge on any atom is -0.305 e. The molecule has 1 N–H and O–H groups in total. The maximum Gasteiger partial charge on any atom is 0.0777 e. The van der Waals surface area contributed by atoms with Crippen LogP contribution in [-0.2, 0) is 0 Å². The molecular weight excluding hydrogens is 427 g/mol. The van der Waals surface area contributed by atoms with Gasteiger partial charge in [0.05, 0.1) is 21.8 Å². The molecule has 0 amide bonds. The van der Waals surface area contributed by atoms with E-state index in [-0.39, 0.29) is 6.04 Å². The molecule has 2 aromatic rings. The second-order valence-electron chi connectivity index (χ2n) is 4.15. The van der Waals surface area contributed by atoms with E-state index in [1.54, 1.807) is 12.3 Å². The molecule has 0 aliphatic heterocycles. The molecule has 1 aromatic heterocycles. The van der Waals surface area contributed by atoms with Gasteiger partial charge in [-0.2, -0.15) is 0 Å². The first-order valence-electron chi connectivity index (χ1n) is 6.02. The number of pyridine rings is 1. The minimum atomic E-state index is -0.117. The highest BCUT2D eigenvalue weighted by molar-refractivity contribution is 9.11. The van der Waals surface area contributed by atoms with Crippen LogP contribution in [0.15, 0.2) is 39.4 Å². The first kappa shape index (κ1) is 16.2. The van der Waals surface area contributed by atoms with Crippen molar-refractivity contribution < 1.29 is 0 Å². The number of aromatic nitrogens is 1. The van der Waals surface area contributed by atoms with Crippen LogP contribution in [0.25, 0.3) is 0 Å². The summed E-state index contributed by atoms with van der Waals surface area (Å²) in [6.07, 6.45) is 1.77. The van der Waals surface area contributed by atoms with Crippen LogP contribution < -0.4 is 5.32 Å². The lowest BCUT2D eigenvalue weighted by Gasteiger charge is -2.21. The van der Waals surface area contributed by atoms with Gasteiger partial charge in [-0.1, -0.05) is 42.3 Å². The third-order valence-electron chi connectivity index (χ3n) is 2.81. The highest BCUT2D eigenvalue weighted by atomic mass is 79.9. The van der Waals surface area contributed by atoms with E-state index in [0.717, 1.165) is 26.7 Å². The maximum atomic E-state index is 6.33. The summed E-state index contributed by atoms with van der Waals surface area (Å²) in [5.41, 5.74) is 1.79. The third-order valence-corrected chi connectivity index (χ3v) is 4.71. The van der Waals surface area contributed by atoms with Gasteiger partial charge in [0, 0.05) is 15.1 Å². The maximum absolute atomic E-state index is 6.33. The van der Waals surface area contributed by atoms with Gasteiger partial charge < -0.3 is 5.32 Å². The number of rotatable bonds is 4. The molecule has 0 aliphatic rings. The van der Waals surface area contributed by atoms with E-state index >= 15 is 0 Å². The quantitative estimate of drug-likeness (QED) is 0.670. The van der Waals surface area contributed by atoms with Gasteiger partial charge in [-0.25, -0.2) is 0 Å². The topological polar surface area (TPSA) is 24.9 Å². The Morgan fingerprint density at radius 1 is 1.30 bits per heavy atom. The highest BCUT2D eigenvalue weighted by Gasteiger charge is 2.21. The summed E-state index contributed by atoms with van der Waals surface area (Å²) in [5, 5.41) is 4.49. The van der Waals surface area contributed by atoms with E-state index in [4.69, 9.17) is 23.2 Å². The highest BCUT2D eigenvalue weighted by Crippen LogP contribution is 2.35. The molecule has 0 spiro atoms. The summed E-state index contributed by atoms with van der Waals surface area (Å²) in [4.78, 5) is 4.49. The Morgan fingerprint density at radius 2 is 2.05 bits per heavy atom. The SMILES string of the molecule is CCNC(c1cccc(Cl)c1Cl)c1ncc(Br)cc1Br. The fourth-order valence-electron chi connectivity index (χ4n) is 1.94. The van der Waals surface area contributed by atoms with Gasteiger partial charge in [-0.15, -0.1) is 0 Å². The molecule has 1 unspecified atom stereocenters. The van der Waals surface area contributed by atoms with Crippen molar-refractivity contribution in [1.29, 1.82) is 0 Å². The zero-order chi connectivity index (χ0) is 14.7. The molecule has 2 rings (SSSR count). The van der Waals surface area contributed by atoms with Gasteiger partial charge in [0.25, 0.3) is 0 Å². The monoisotopic (exact) mass is 436 g/mol. The van der Waals surface area contributed by atoms with Gasteiger partial charge in [-0.05, 0) is 56.1 Å². The molecule has 0 fully saturated rings. The summed E-state index contributed by atoms with van der Waals surface area (Å²) >= 11 is 19.4. The predicted octanol–water partition coefficient (Wildman–Crippen LogP) is 5.61. The van der Waals surface area contributed by atoms with Gasteiger partial charge in [0.1, 0.15) is 0 Å². The normalized spacial score (nSPS) is 12.4. The molecule has 20 heavy (non-hydrogen) atoms. The lowest BCUT2D eigenvalue weighted by atomic mass is 10.0. The van der Waals surface area contributed by atoms with E-state index in [2.05, 4.69) is 42.2 Å². The molecule has 0 bridgehead atoms. The lowest BCUT2D eigenvalue weighted by Crippen LogP contribution is -2.23. The summed E-state index contributed by atoms with van der Waals surface area (Å²) in [7, 11) is 0. The number of nitrogens with one attached hydrogen (secondary N) is 1. The Balaban J connectivity index is 2.53. The molecule has 2 nitrogen and oxygen atoms in total. The lowest BCUT2D eigenvalue weighted by molar-refractivity contribution is 0.613. The van der Waals surface area contributed by atoms with E-state index < -0.39 is 0 Å². The van der Waals surface area contributed by atoms with E-state index in [1.165, 1.54) is 0 Å². The van der Waals surface area contributed by atoms with E-state index in [0.29, 0.717) is 10.0 Å². The van der Waals surface area contributed by atoms with Crippen molar-refractivity contribution in [2.45, 2.75) is 13.0 Å². The zero-order valence-corrected chi connectivity index (χ0v) is 15.3. The molecule has 6 heteroatoms. The van der Waals surface area contributed by atoms with Crippen LogP contribution in [-0.4, -0.2) is 11.5 Å². The zero-order valence-electron chi connectivity index (χ0n) is 10.6. The fraction of sp³-hybridized carbons (Fsp3) is 0.214. The summed E-state index contributed by atoms with van der Waals surface area (Å²) in [5.74, 6) is 0. The van der Waals surface area contributed by atoms with Crippen molar-refractivity contribution in [3.63, 3.8) is 0 Å². The molecule has 0 radical (unpaired) electrons. The van der Waals surface area contributed by atoms with Crippen LogP contribution in [0.4, 0.5) is 0 Å². The summed E-state index contributed by atoms with van der Waals surface area (Å²) in [6, 6.07) is 7.47. The molecule has 1 heterocycles. The van der Waals surface area contributed by atoms with Crippen molar-refractivity contribution in [2.24, 2.45) is 0 Å². The Bertz CT molecular complexity index is 620. The molecule has 0 saturated heterocycles. The van der Waals surface area contributed by atoms with Gasteiger partial charge in [0.15, 0.2) is 0 Å². The van der Waals surface area contributed by atoms with Crippen LogP contribution in [0.1, 0.15) is 24.2 Å². The Hall–Kier alpha value is -0.130. The first-order chi connectivity index (χ1) is 9.54. The standard InChI is InChI=1S/C14H12Br2Cl2N2/c1-2-19-13(9-4-3-5-11(17)12(9)18)14-10(16)6-8(15)7-20-14/h3-7,13,19H,2H2,1H3. The summed E-state index contributed by atoms with van der Waals surface area (Å²) in [6.45, 7) is 2.83. The Labute approximate surface area is 145 Å². The predicted molar refractivity (Wildman–Crippen MR) is 91.6 cm³/mol. The first-order valence-corrected chi connectivity index (χ1v) is 8.37. The smallest absolute Gasteiger partial charge is 0.0777 e.